The molecule has 2 rings (SSSR count). The molecule has 1 aliphatic heterocycles. The molecular formula is C15H20ClN3O2. The number of halogens is 1. The Balaban J connectivity index is 1.96. The van der Waals surface area contributed by atoms with Gasteiger partial charge < -0.3 is 5.32 Å². The summed E-state index contributed by atoms with van der Waals surface area (Å²) in [5.74, 6) is -0.278. The molecular weight excluding hydrogens is 290 g/mol. The minimum Gasteiger partial charge on any atom is -0.338 e. The maximum Gasteiger partial charge on any atom is 0.321 e. The first-order chi connectivity index (χ1) is 10.0. The van der Waals surface area contributed by atoms with E-state index in [1.807, 2.05) is 31.2 Å². The summed E-state index contributed by atoms with van der Waals surface area (Å²) < 4.78 is 0. The highest BCUT2D eigenvalue weighted by Gasteiger charge is 2.36. The van der Waals surface area contributed by atoms with Crippen molar-refractivity contribution in [3.05, 3.63) is 34.9 Å². The number of rotatable bonds is 4. The molecule has 114 valence electrons. The van der Waals surface area contributed by atoms with Crippen LogP contribution >= 0.6 is 11.6 Å². The number of nitrogens with zero attached hydrogens (tertiary/aromatic N) is 1. The summed E-state index contributed by atoms with van der Waals surface area (Å²) in [4.78, 5) is 25.5. The van der Waals surface area contributed by atoms with Crippen molar-refractivity contribution in [1.82, 2.24) is 15.5 Å². The third-order valence-electron chi connectivity index (χ3n) is 3.77. The summed E-state index contributed by atoms with van der Waals surface area (Å²) in [7, 11) is 0. The van der Waals surface area contributed by atoms with Crippen LogP contribution < -0.4 is 10.6 Å². The highest BCUT2D eigenvalue weighted by Crippen LogP contribution is 2.35. The Kier molecular flexibility index (Phi) is 5.20. The second-order valence-corrected chi connectivity index (χ2v) is 5.55. The quantitative estimate of drug-likeness (QED) is 0.897. The standard InChI is InChI=1S/C15H20ClN3O2/c1-3-17-15(21)18-14(20)10(2)19-9-8-13(19)11-4-6-12(16)7-5-11/h4-7,10,13H,3,8-9H2,1-2H3,(H2,17,18,20,21). The van der Waals surface area contributed by atoms with Gasteiger partial charge in [0.15, 0.2) is 0 Å². The van der Waals surface area contributed by atoms with Gasteiger partial charge in [-0.05, 0) is 38.0 Å². The number of carbonyl (C=O) groups is 2. The van der Waals surface area contributed by atoms with Crippen LogP contribution in [0.1, 0.15) is 31.9 Å². The SMILES string of the molecule is CCNC(=O)NC(=O)C(C)N1CCC1c1ccc(Cl)cc1. The molecule has 6 heteroatoms. The minimum absolute atomic E-state index is 0.206. The van der Waals surface area contributed by atoms with E-state index in [9.17, 15) is 9.59 Å². The molecule has 1 saturated heterocycles. The lowest BCUT2D eigenvalue weighted by Crippen LogP contribution is -2.54. The van der Waals surface area contributed by atoms with Gasteiger partial charge in [-0.15, -0.1) is 0 Å². The number of carbonyl (C=O) groups excluding carboxylic acids is 2. The molecule has 2 atom stereocenters. The van der Waals surface area contributed by atoms with Gasteiger partial charge in [0.05, 0.1) is 6.04 Å². The van der Waals surface area contributed by atoms with E-state index in [-0.39, 0.29) is 18.0 Å². The van der Waals surface area contributed by atoms with E-state index in [0.717, 1.165) is 18.5 Å². The molecule has 1 aliphatic rings. The Hall–Kier alpha value is -1.59. The highest BCUT2D eigenvalue weighted by atomic mass is 35.5. The van der Waals surface area contributed by atoms with Gasteiger partial charge in [0.25, 0.3) is 0 Å². The van der Waals surface area contributed by atoms with Crippen molar-refractivity contribution in [2.75, 3.05) is 13.1 Å². The molecule has 0 aliphatic carbocycles. The highest BCUT2D eigenvalue weighted by molar-refractivity contribution is 6.30. The largest absolute Gasteiger partial charge is 0.338 e. The number of likely N-dealkylation sites (tertiary alicyclic amines) is 1. The fourth-order valence-electron chi connectivity index (χ4n) is 2.49. The van der Waals surface area contributed by atoms with E-state index in [0.29, 0.717) is 11.6 Å². The molecule has 0 aromatic heterocycles. The Bertz CT molecular complexity index is 518. The van der Waals surface area contributed by atoms with Gasteiger partial charge >= 0.3 is 6.03 Å². The van der Waals surface area contributed by atoms with Crippen molar-refractivity contribution >= 4 is 23.5 Å². The molecule has 2 N–H and O–H groups in total. The first kappa shape index (κ1) is 15.8. The van der Waals surface area contributed by atoms with Crippen LogP contribution in [0, 0.1) is 0 Å². The van der Waals surface area contributed by atoms with Gasteiger partial charge in [-0.25, -0.2) is 4.79 Å². The van der Waals surface area contributed by atoms with Gasteiger partial charge in [0.1, 0.15) is 0 Å². The second-order valence-electron chi connectivity index (χ2n) is 5.12. The molecule has 21 heavy (non-hydrogen) atoms. The predicted octanol–water partition coefficient (Wildman–Crippen LogP) is 2.32. The summed E-state index contributed by atoms with van der Waals surface area (Å²) in [5.41, 5.74) is 1.14. The zero-order valence-corrected chi connectivity index (χ0v) is 13.0. The average molecular weight is 310 g/mol. The number of benzene rings is 1. The van der Waals surface area contributed by atoms with Crippen LogP contribution in [0.25, 0.3) is 0 Å². The van der Waals surface area contributed by atoms with E-state index in [2.05, 4.69) is 15.5 Å². The summed E-state index contributed by atoms with van der Waals surface area (Å²) >= 11 is 5.89. The molecule has 0 radical (unpaired) electrons. The van der Waals surface area contributed by atoms with Crippen LogP contribution in [0.15, 0.2) is 24.3 Å². The number of nitrogens with one attached hydrogen (secondary N) is 2. The lowest BCUT2D eigenvalue weighted by molar-refractivity contribution is -0.128. The Morgan fingerprint density at radius 1 is 1.38 bits per heavy atom. The van der Waals surface area contributed by atoms with E-state index in [1.54, 1.807) is 6.92 Å². The Morgan fingerprint density at radius 3 is 2.57 bits per heavy atom. The molecule has 0 saturated carbocycles. The minimum atomic E-state index is -0.446. The fourth-order valence-corrected chi connectivity index (χ4v) is 2.61. The van der Waals surface area contributed by atoms with Gasteiger partial charge in [-0.3, -0.25) is 15.0 Å². The number of imide groups is 1. The van der Waals surface area contributed by atoms with Crippen molar-refractivity contribution in [3.8, 4) is 0 Å². The molecule has 0 bridgehead atoms. The number of hydrogen-bond donors (Lipinski definition) is 2. The van der Waals surface area contributed by atoms with Crippen LogP contribution in [0.4, 0.5) is 4.79 Å². The lowest BCUT2D eigenvalue weighted by atomic mass is 9.92. The zero-order chi connectivity index (χ0) is 15.4. The van der Waals surface area contributed by atoms with Crippen LogP contribution in [0.3, 0.4) is 0 Å². The normalized spacial score (nSPS) is 19.5. The first-order valence-electron chi connectivity index (χ1n) is 7.12. The fraction of sp³-hybridized carbons (Fsp3) is 0.467. The summed E-state index contributed by atoms with van der Waals surface area (Å²) in [5, 5.41) is 5.61. The Labute approximate surface area is 129 Å². The number of hydrogen-bond acceptors (Lipinski definition) is 3. The molecule has 2 unspecified atom stereocenters. The topological polar surface area (TPSA) is 61.4 Å². The summed E-state index contributed by atoms with van der Waals surface area (Å²) in [6, 6.07) is 7.08. The number of urea groups is 1. The molecule has 1 aromatic rings. The van der Waals surface area contributed by atoms with E-state index < -0.39 is 6.03 Å². The van der Waals surface area contributed by atoms with Crippen molar-refractivity contribution in [2.24, 2.45) is 0 Å². The van der Waals surface area contributed by atoms with Crippen molar-refractivity contribution in [3.63, 3.8) is 0 Å². The zero-order valence-electron chi connectivity index (χ0n) is 12.2. The summed E-state index contributed by atoms with van der Waals surface area (Å²) in [6.45, 7) is 4.96. The molecule has 1 aromatic carbocycles. The molecule has 1 heterocycles. The van der Waals surface area contributed by atoms with Gasteiger partial charge in [-0.1, -0.05) is 23.7 Å². The molecule has 3 amide bonds. The van der Waals surface area contributed by atoms with Crippen molar-refractivity contribution < 1.29 is 9.59 Å². The van der Waals surface area contributed by atoms with Crippen LogP contribution in [0.5, 0.6) is 0 Å². The molecule has 5 nitrogen and oxygen atoms in total. The summed E-state index contributed by atoms with van der Waals surface area (Å²) in [6.07, 6.45) is 1.00. The average Bonchev–Trinajstić information content (AvgIpc) is 2.40. The lowest BCUT2D eigenvalue weighted by Gasteiger charge is -2.44. The second kappa shape index (κ2) is 6.91. The Morgan fingerprint density at radius 2 is 2.05 bits per heavy atom. The van der Waals surface area contributed by atoms with Crippen LogP contribution in [-0.4, -0.2) is 36.0 Å². The van der Waals surface area contributed by atoms with Crippen LogP contribution in [-0.2, 0) is 4.79 Å². The van der Waals surface area contributed by atoms with E-state index in [1.165, 1.54) is 0 Å². The van der Waals surface area contributed by atoms with E-state index >= 15 is 0 Å². The third kappa shape index (κ3) is 3.74. The van der Waals surface area contributed by atoms with Gasteiger partial charge in [0.2, 0.25) is 5.91 Å². The molecule has 1 fully saturated rings. The van der Waals surface area contributed by atoms with Gasteiger partial charge in [-0.2, -0.15) is 0 Å². The third-order valence-corrected chi connectivity index (χ3v) is 4.02. The van der Waals surface area contributed by atoms with Crippen LogP contribution in [0.2, 0.25) is 5.02 Å². The van der Waals surface area contributed by atoms with Gasteiger partial charge in [0, 0.05) is 24.2 Å². The maximum atomic E-state index is 12.1. The van der Waals surface area contributed by atoms with Crippen molar-refractivity contribution in [2.45, 2.75) is 32.4 Å². The molecule has 0 spiro atoms. The van der Waals surface area contributed by atoms with Crippen molar-refractivity contribution in [1.29, 1.82) is 0 Å². The maximum absolute atomic E-state index is 12.1. The first-order valence-corrected chi connectivity index (χ1v) is 7.50. The predicted molar refractivity (Wildman–Crippen MR) is 82.2 cm³/mol. The monoisotopic (exact) mass is 309 g/mol. The smallest absolute Gasteiger partial charge is 0.321 e. The number of amides is 3. The van der Waals surface area contributed by atoms with E-state index in [4.69, 9.17) is 11.6 Å².